The molecule has 1 heterocycles. The Labute approximate surface area is 139 Å². The van der Waals surface area contributed by atoms with Crippen LogP contribution in [0.3, 0.4) is 0 Å². The highest BCUT2D eigenvalue weighted by Crippen LogP contribution is 2.23. The molecule has 1 aliphatic heterocycles. The van der Waals surface area contributed by atoms with Crippen molar-refractivity contribution in [2.24, 2.45) is 5.73 Å². The van der Waals surface area contributed by atoms with Gasteiger partial charge in [-0.2, -0.15) is 0 Å². The second kappa shape index (κ2) is 7.87. The van der Waals surface area contributed by atoms with Gasteiger partial charge in [0.2, 0.25) is 17.7 Å². The van der Waals surface area contributed by atoms with E-state index in [1.54, 1.807) is 17.0 Å². The number of benzene rings is 1. The van der Waals surface area contributed by atoms with Crippen molar-refractivity contribution in [3.05, 3.63) is 35.6 Å². The van der Waals surface area contributed by atoms with Crippen LogP contribution in [0.1, 0.15) is 24.9 Å². The van der Waals surface area contributed by atoms with Crippen molar-refractivity contribution >= 4 is 17.7 Å². The highest BCUT2D eigenvalue weighted by molar-refractivity contribution is 5.90. The minimum Gasteiger partial charge on any atom is -0.368 e. The van der Waals surface area contributed by atoms with Gasteiger partial charge >= 0.3 is 0 Å². The number of halogens is 1. The van der Waals surface area contributed by atoms with Gasteiger partial charge in [-0.1, -0.05) is 12.1 Å². The Balaban J connectivity index is 2.15. The summed E-state index contributed by atoms with van der Waals surface area (Å²) in [4.78, 5) is 36.8. The summed E-state index contributed by atoms with van der Waals surface area (Å²) in [7, 11) is 0. The summed E-state index contributed by atoms with van der Waals surface area (Å²) in [6.45, 7) is 2.75. The van der Waals surface area contributed by atoms with E-state index in [1.807, 2.05) is 0 Å². The molecule has 0 radical (unpaired) electrons. The lowest BCUT2D eigenvalue weighted by Crippen LogP contribution is -2.52. The van der Waals surface area contributed by atoms with Crippen LogP contribution in [-0.2, 0) is 14.4 Å². The molecule has 1 unspecified atom stereocenters. The highest BCUT2D eigenvalue weighted by atomic mass is 19.1. The van der Waals surface area contributed by atoms with Gasteiger partial charge in [-0.05, 0) is 17.7 Å². The van der Waals surface area contributed by atoms with Crippen LogP contribution in [-0.4, -0.2) is 48.3 Å². The summed E-state index contributed by atoms with van der Waals surface area (Å²) < 4.78 is 13.5. The molecule has 0 aromatic heterocycles. The first-order chi connectivity index (χ1) is 11.4. The molecule has 130 valence electrons. The fraction of sp³-hybridized carbons (Fsp3) is 0.438. The van der Waals surface area contributed by atoms with Crippen molar-refractivity contribution in [1.82, 2.24) is 15.5 Å². The monoisotopic (exact) mass is 336 g/mol. The van der Waals surface area contributed by atoms with Gasteiger partial charge in [0.1, 0.15) is 11.9 Å². The number of carbonyl (C=O) groups is 3. The van der Waals surface area contributed by atoms with Gasteiger partial charge in [-0.15, -0.1) is 0 Å². The Kier molecular flexibility index (Phi) is 5.86. The number of amides is 3. The maximum atomic E-state index is 13.5. The molecule has 24 heavy (non-hydrogen) atoms. The second-order valence-corrected chi connectivity index (χ2v) is 5.72. The average molecular weight is 336 g/mol. The lowest BCUT2D eigenvalue weighted by molar-refractivity contribution is -0.137. The molecule has 3 amide bonds. The molecule has 2 atom stereocenters. The van der Waals surface area contributed by atoms with E-state index in [2.05, 4.69) is 10.6 Å². The van der Waals surface area contributed by atoms with E-state index in [9.17, 15) is 18.8 Å². The summed E-state index contributed by atoms with van der Waals surface area (Å²) in [5.41, 5.74) is 5.91. The van der Waals surface area contributed by atoms with Gasteiger partial charge in [0, 0.05) is 26.6 Å². The van der Waals surface area contributed by atoms with Crippen LogP contribution >= 0.6 is 0 Å². The van der Waals surface area contributed by atoms with Gasteiger partial charge in [0.05, 0.1) is 12.5 Å². The predicted molar refractivity (Wildman–Crippen MR) is 85.1 cm³/mol. The maximum absolute atomic E-state index is 13.5. The molecule has 0 saturated carbocycles. The quantitative estimate of drug-likeness (QED) is 0.685. The normalized spacial score (nSPS) is 18.8. The van der Waals surface area contributed by atoms with Crippen molar-refractivity contribution in [1.29, 1.82) is 0 Å². The fourth-order valence-corrected chi connectivity index (χ4v) is 2.77. The molecule has 7 nitrogen and oxygen atoms in total. The Hall–Kier alpha value is -2.48. The van der Waals surface area contributed by atoms with Crippen LogP contribution in [0.4, 0.5) is 4.39 Å². The molecule has 2 rings (SSSR count). The molecular weight excluding hydrogens is 315 g/mol. The first-order valence-corrected chi connectivity index (χ1v) is 7.70. The number of hydrogen-bond donors (Lipinski definition) is 3. The number of rotatable bonds is 5. The van der Waals surface area contributed by atoms with E-state index in [4.69, 9.17) is 5.73 Å². The third kappa shape index (κ3) is 4.51. The number of carbonyl (C=O) groups excluding carboxylic acids is 3. The Morgan fingerprint density at radius 3 is 2.83 bits per heavy atom. The van der Waals surface area contributed by atoms with Crippen LogP contribution in [0.5, 0.6) is 0 Å². The van der Waals surface area contributed by atoms with E-state index in [0.29, 0.717) is 25.2 Å². The number of hydrogen-bond acceptors (Lipinski definition) is 4. The first-order valence-electron chi connectivity index (χ1n) is 7.70. The lowest BCUT2D eigenvalue weighted by atomic mass is 10.0. The Morgan fingerprint density at radius 1 is 1.46 bits per heavy atom. The topological polar surface area (TPSA) is 105 Å². The van der Waals surface area contributed by atoms with Crippen molar-refractivity contribution < 1.29 is 18.8 Å². The predicted octanol–water partition coefficient (Wildman–Crippen LogP) is -0.321. The van der Waals surface area contributed by atoms with E-state index in [1.165, 1.54) is 19.1 Å². The van der Waals surface area contributed by atoms with Crippen molar-refractivity contribution in [2.75, 3.05) is 19.6 Å². The lowest BCUT2D eigenvalue weighted by Gasteiger charge is -2.37. The summed E-state index contributed by atoms with van der Waals surface area (Å²) in [5.74, 6) is -1.90. The summed E-state index contributed by atoms with van der Waals surface area (Å²) in [5, 5.41) is 5.54. The zero-order valence-corrected chi connectivity index (χ0v) is 13.4. The van der Waals surface area contributed by atoms with Crippen molar-refractivity contribution in [3.63, 3.8) is 0 Å². The number of nitrogens with one attached hydrogen (secondary N) is 2. The molecule has 8 heteroatoms. The maximum Gasteiger partial charge on any atom is 0.240 e. The standard InChI is InChI=1S/C16H21FN4O3/c1-10(22)20-13(16(18)24)8-15(23)21-6-5-19-9-14(21)11-3-2-4-12(17)7-11/h2-4,7,13-14,19H,5-6,8-9H2,1H3,(H2,18,24)(H,20,22)/t13-,14?/m0/s1. The van der Waals surface area contributed by atoms with E-state index < -0.39 is 17.9 Å². The largest absolute Gasteiger partial charge is 0.368 e. The Morgan fingerprint density at radius 2 is 2.21 bits per heavy atom. The molecule has 1 aromatic rings. The van der Waals surface area contributed by atoms with Crippen molar-refractivity contribution in [3.8, 4) is 0 Å². The molecule has 1 saturated heterocycles. The highest BCUT2D eigenvalue weighted by Gasteiger charge is 2.31. The Bertz CT molecular complexity index is 638. The van der Waals surface area contributed by atoms with Crippen LogP contribution < -0.4 is 16.4 Å². The van der Waals surface area contributed by atoms with Crippen LogP contribution in [0.25, 0.3) is 0 Å². The molecule has 0 aliphatic carbocycles. The third-order valence-electron chi connectivity index (χ3n) is 3.90. The number of nitrogens with two attached hydrogens (primary N) is 1. The van der Waals surface area contributed by atoms with Crippen LogP contribution in [0.2, 0.25) is 0 Å². The van der Waals surface area contributed by atoms with Gasteiger partial charge < -0.3 is 21.3 Å². The van der Waals surface area contributed by atoms with E-state index in [0.717, 1.165) is 0 Å². The second-order valence-electron chi connectivity index (χ2n) is 5.72. The van der Waals surface area contributed by atoms with Crippen molar-refractivity contribution in [2.45, 2.75) is 25.4 Å². The zero-order chi connectivity index (χ0) is 17.7. The number of primary amides is 1. The van der Waals surface area contributed by atoms with Crippen LogP contribution in [0.15, 0.2) is 24.3 Å². The molecule has 1 aliphatic rings. The van der Waals surface area contributed by atoms with Gasteiger partial charge in [0.15, 0.2) is 0 Å². The minimum absolute atomic E-state index is 0.221. The molecule has 1 fully saturated rings. The minimum atomic E-state index is -1.06. The summed E-state index contributed by atoms with van der Waals surface area (Å²) >= 11 is 0. The third-order valence-corrected chi connectivity index (χ3v) is 3.90. The number of nitrogens with zero attached hydrogens (tertiary/aromatic N) is 1. The van der Waals surface area contributed by atoms with Gasteiger partial charge in [-0.25, -0.2) is 4.39 Å². The molecule has 1 aromatic carbocycles. The first kappa shape index (κ1) is 17.9. The fourth-order valence-electron chi connectivity index (χ4n) is 2.77. The summed E-state index contributed by atoms with van der Waals surface area (Å²) in [6, 6.07) is 4.67. The molecule has 4 N–H and O–H groups in total. The number of piperazine rings is 1. The van der Waals surface area contributed by atoms with E-state index >= 15 is 0 Å². The molecule has 0 bridgehead atoms. The van der Waals surface area contributed by atoms with E-state index in [-0.39, 0.29) is 24.2 Å². The molecule has 0 spiro atoms. The summed E-state index contributed by atoms with van der Waals surface area (Å²) in [6.07, 6.45) is -0.221. The average Bonchev–Trinajstić information content (AvgIpc) is 2.53. The smallest absolute Gasteiger partial charge is 0.240 e. The van der Waals surface area contributed by atoms with Crippen LogP contribution in [0, 0.1) is 5.82 Å². The molecular formula is C16H21FN4O3. The zero-order valence-electron chi connectivity index (χ0n) is 13.4. The SMILES string of the molecule is CC(=O)N[C@@H](CC(=O)N1CCNCC1c1cccc(F)c1)C(N)=O. The van der Waals surface area contributed by atoms with Gasteiger partial charge in [-0.3, -0.25) is 14.4 Å². The van der Waals surface area contributed by atoms with Gasteiger partial charge in [0.25, 0.3) is 0 Å².